The molecule has 2 N–H and O–H groups in total. The number of nitrogens with zero attached hydrogens (tertiary/aromatic N) is 2. The minimum absolute atomic E-state index is 0.294. The molecule has 0 aliphatic rings. The summed E-state index contributed by atoms with van der Waals surface area (Å²) in [5.41, 5.74) is 8.06. The van der Waals surface area contributed by atoms with E-state index in [0.717, 1.165) is 12.0 Å². The van der Waals surface area contributed by atoms with Crippen molar-refractivity contribution in [3.05, 3.63) is 34.1 Å². The Hall–Kier alpha value is -1.36. The van der Waals surface area contributed by atoms with E-state index in [4.69, 9.17) is 5.73 Å². The Balaban J connectivity index is 2.65. The molecule has 102 valence electrons. The first-order valence-corrected chi connectivity index (χ1v) is 6.96. The molecule has 5 heteroatoms. The van der Waals surface area contributed by atoms with Crippen LogP contribution in [0.5, 0.6) is 0 Å². The molecule has 0 saturated heterocycles. The Morgan fingerprint density at radius 3 is 2.68 bits per heavy atom. The third kappa shape index (κ3) is 2.66. The van der Waals surface area contributed by atoms with E-state index in [-0.39, 0.29) is 5.82 Å². The predicted molar refractivity (Wildman–Crippen MR) is 79.3 cm³/mol. The molecular formula is C14H17BrFN3. The Morgan fingerprint density at radius 2 is 2.11 bits per heavy atom. The van der Waals surface area contributed by atoms with E-state index in [1.54, 1.807) is 17.8 Å². The monoisotopic (exact) mass is 325 g/mol. The molecule has 0 spiro atoms. The highest BCUT2D eigenvalue weighted by Crippen LogP contribution is 2.35. The van der Waals surface area contributed by atoms with Crippen molar-refractivity contribution in [3.8, 4) is 11.3 Å². The quantitative estimate of drug-likeness (QED) is 0.933. The lowest BCUT2D eigenvalue weighted by molar-refractivity contribution is 0.627. The van der Waals surface area contributed by atoms with Crippen molar-refractivity contribution in [1.29, 1.82) is 0 Å². The molecule has 1 aromatic carbocycles. The van der Waals surface area contributed by atoms with Gasteiger partial charge in [-0.15, -0.1) is 0 Å². The van der Waals surface area contributed by atoms with Crippen LogP contribution in [0.15, 0.2) is 22.7 Å². The van der Waals surface area contributed by atoms with Crippen LogP contribution in [0, 0.1) is 11.7 Å². The van der Waals surface area contributed by atoms with Crippen LogP contribution < -0.4 is 5.73 Å². The highest BCUT2D eigenvalue weighted by Gasteiger charge is 2.20. The molecule has 0 amide bonds. The van der Waals surface area contributed by atoms with Crippen LogP contribution in [0.25, 0.3) is 11.3 Å². The Morgan fingerprint density at radius 1 is 1.42 bits per heavy atom. The second-order valence-corrected chi connectivity index (χ2v) is 5.88. The summed E-state index contributed by atoms with van der Waals surface area (Å²) in [7, 11) is 1.78. The molecular weight excluding hydrogens is 309 g/mol. The average molecular weight is 326 g/mol. The van der Waals surface area contributed by atoms with Gasteiger partial charge in [-0.05, 0) is 40.4 Å². The molecule has 2 rings (SSSR count). The van der Waals surface area contributed by atoms with Crippen molar-refractivity contribution in [1.82, 2.24) is 9.78 Å². The fourth-order valence-electron chi connectivity index (χ4n) is 2.12. The number of nitrogen functional groups attached to an aromatic ring is 1. The molecule has 19 heavy (non-hydrogen) atoms. The largest absolute Gasteiger partial charge is 0.384 e. The highest BCUT2D eigenvalue weighted by molar-refractivity contribution is 9.10. The lowest BCUT2D eigenvalue weighted by Crippen LogP contribution is -2.02. The second-order valence-electron chi connectivity index (χ2n) is 5.03. The smallest absolute Gasteiger partial charge is 0.133 e. The van der Waals surface area contributed by atoms with Gasteiger partial charge in [0.2, 0.25) is 0 Å². The number of anilines is 1. The van der Waals surface area contributed by atoms with Gasteiger partial charge in [0.1, 0.15) is 17.3 Å². The van der Waals surface area contributed by atoms with E-state index in [0.29, 0.717) is 27.5 Å². The Bertz CT molecular complexity index is 585. The van der Waals surface area contributed by atoms with E-state index >= 15 is 0 Å². The molecule has 1 aromatic heterocycles. The molecule has 0 bridgehead atoms. The van der Waals surface area contributed by atoms with E-state index in [1.807, 2.05) is 6.07 Å². The molecule has 0 saturated carbocycles. The number of aromatic nitrogens is 2. The summed E-state index contributed by atoms with van der Waals surface area (Å²) in [5.74, 6) is 0.729. The highest BCUT2D eigenvalue weighted by atomic mass is 79.9. The summed E-state index contributed by atoms with van der Waals surface area (Å²) in [6, 6.07) is 4.91. The van der Waals surface area contributed by atoms with Gasteiger partial charge in [-0.25, -0.2) is 4.39 Å². The SMILES string of the molecule is CC(C)Cc1c(-c2c(F)cccc2Br)nn(C)c1N. The topological polar surface area (TPSA) is 43.8 Å². The van der Waals surface area contributed by atoms with E-state index in [2.05, 4.69) is 34.9 Å². The molecule has 1 heterocycles. The van der Waals surface area contributed by atoms with Crippen molar-refractivity contribution in [2.24, 2.45) is 13.0 Å². The maximum atomic E-state index is 14.1. The minimum Gasteiger partial charge on any atom is -0.384 e. The minimum atomic E-state index is -0.294. The summed E-state index contributed by atoms with van der Waals surface area (Å²) in [6.07, 6.45) is 0.774. The van der Waals surface area contributed by atoms with Gasteiger partial charge >= 0.3 is 0 Å². The van der Waals surface area contributed by atoms with Crippen molar-refractivity contribution in [2.45, 2.75) is 20.3 Å². The third-order valence-corrected chi connectivity index (χ3v) is 3.67. The Labute approximate surface area is 120 Å². The molecule has 0 fully saturated rings. The number of hydrogen-bond acceptors (Lipinski definition) is 2. The third-order valence-electron chi connectivity index (χ3n) is 3.01. The predicted octanol–water partition coefficient (Wildman–Crippen LogP) is 3.77. The zero-order chi connectivity index (χ0) is 14.2. The maximum Gasteiger partial charge on any atom is 0.133 e. The Kier molecular flexibility index (Phi) is 3.94. The molecule has 2 aromatic rings. The van der Waals surface area contributed by atoms with E-state index < -0.39 is 0 Å². The van der Waals surface area contributed by atoms with Crippen LogP contribution in [0.3, 0.4) is 0 Å². The number of aryl methyl sites for hydroxylation is 1. The number of nitrogens with two attached hydrogens (primary N) is 1. The maximum absolute atomic E-state index is 14.1. The zero-order valence-corrected chi connectivity index (χ0v) is 12.8. The number of benzene rings is 1. The van der Waals surface area contributed by atoms with Crippen molar-refractivity contribution in [2.75, 3.05) is 5.73 Å². The van der Waals surface area contributed by atoms with Crippen molar-refractivity contribution < 1.29 is 4.39 Å². The van der Waals surface area contributed by atoms with Crippen LogP contribution in [-0.4, -0.2) is 9.78 Å². The van der Waals surface area contributed by atoms with Gasteiger partial charge in [-0.1, -0.05) is 19.9 Å². The molecule has 0 radical (unpaired) electrons. The van der Waals surface area contributed by atoms with Crippen LogP contribution in [0.1, 0.15) is 19.4 Å². The summed E-state index contributed by atoms with van der Waals surface area (Å²) in [6.45, 7) is 4.21. The van der Waals surface area contributed by atoms with E-state index in [1.165, 1.54) is 6.07 Å². The molecule has 0 aliphatic heterocycles. The van der Waals surface area contributed by atoms with Crippen LogP contribution in [-0.2, 0) is 13.5 Å². The fraction of sp³-hybridized carbons (Fsp3) is 0.357. The molecule has 0 aliphatic carbocycles. The normalized spacial score (nSPS) is 11.3. The second kappa shape index (κ2) is 5.33. The van der Waals surface area contributed by atoms with Gasteiger partial charge in [-0.3, -0.25) is 4.68 Å². The van der Waals surface area contributed by atoms with Crippen molar-refractivity contribution in [3.63, 3.8) is 0 Å². The zero-order valence-electron chi connectivity index (χ0n) is 11.2. The van der Waals surface area contributed by atoms with Crippen LogP contribution >= 0.6 is 15.9 Å². The first kappa shape index (κ1) is 14.1. The summed E-state index contributed by atoms with van der Waals surface area (Å²) >= 11 is 3.39. The van der Waals surface area contributed by atoms with Gasteiger partial charge in [0.25, 0.3) is 0 Å². The van der Waals surface area contributed by atoms with Gasteiger partial charge in [0.05, 0.1) is 5.56 Å². The lowest BCUT2D eigenvalue weighted by atomic mass is 9.99. The van der Waals surface area contributed by atoms with Crippen LogP contribution in [0.4, 0.5) is 10.2 Å². The summed E-state index contributed by atoms with van der Waals surface area (Å²) in [5, 5.41) is 4.38. The van der Waals surface area contributed by atoms with Gasteiger partial charge in [0.15, 0.2) is 0 Å². The van der Waals surface area contributed by atoms with Crippen LogP contribution in [0.2, 0.25) is 0 Å². The number of rotatable bonds is 3. The number of halogens is 2. The number of hydrogen-bond donors (Lipinski definition) is 1. The summed E-state index contributed by atoms with van der Waals surface area (Å²) < 4.78 is 16.4. The van der Waals surface area contributed by atoms with Crippen molar-refractivity contribution >= 4 is 21.7 Å². The van der Waals surface area contributed by atoms with Gasteiger partial charge in [0, 0.05) is 17.1 Å². The van der Waals surface area contributed by atoms with Gasteiger partial charge < -0.3 is 5.73 Å². The average Bonchev–Trinajstić information content (AvgIpc) is 2.57. The first-order valence-electron chi connectivity index (χ1n) is 6.17. The fourth-order valence-corrected chi connectivity index (χ4v) is 2.65. The van der Waals surface area contributed by atoms with E-state index in [9.17, 15) is 4.39 Å². The lowest BCUT2D eigenvalue weighted by Gasteiger charge is -2.08. The molecule has 0 atom stereocenters. The molecule has 0 unspecified atom stereocenters. The first-order chi connectivity index (χ1) is 8.91. The van der Waals surface area contributed by atoms with Gasteiger partial charge in [-0.2, -0.15) is 5.10 Å². The molecule has 3 nitrogen and oxygen atoms in total. The standard InChI is InChI=1S/C14H17BrFN3/c1-8(2)7-9-13(18-19(3)14(9)17)12-10(15)5-4-6-11(12)16/h4-6,8H,7,17H2,1-3H3. The summed E-state index contributed by atoms with van der Waals surface area (Å²) in [4.78, 5) is 0.